The highest BCUT2D eigenvalue weighted by Gasteiger charge is 2.40. The average Bonchev–Trinajstić information content (AvgIpc) is 2.97. The van der Waals surface area contributed by atoms with E-state index in [2.05, 4.69) is 6.58 Å². The third kappa shape index (κ3) is 7.27. The van der Waals surface area contributed by atoms with Gasteiger partial charge in [0.05, 0.1) is 42.8 Å². The maximum atomic E-state index is 13.5. The number of benzene rings is 2. The van der Waals surface area contributed by atoms with Gasteiger partial charge in [0.2, 0.25) is 0 Å². The van der Waals surface area contributed by atoms with Crippen molar-refractivity contribution >= 4 is 11.7 Å². The summed E-state index contributed by atoms with van der Waals surface area (Å²) in [6.45, 7) is 10.9. The van der Waals surface area contributed by atoms with Gasteiger partial charge in [-0.15, -0.1) is 0 Å². The zero-order valence-corrected chi connectivity index (χ0v) is 25.4. The second-order valence-corrected chi connectivity index (χ2v) is 11.9. The van der Waals surface area contributed by atoms with Gasteiger partial charge in [-0.3, -0.25) is 9.88 Å². The van der Waals surface area contributed by atoms with Crippen LogP contribution in [-0.2, 0) is 29.0 Å². The molecule has 2 atom stereocenters. The first-order chi connectivity index (χ1) is 20.8. The fourth-order valence-electron chi connectivity index (χ4n) is 5.14. The molecule has 1 saturated heterocycles. The first-order valence-electron chi connectivity index (χ1n) is 14.1. The van der Waals surface area contributed by atoms with E-state index in [4.69, 9.17) is 14.5 Å². The number of aromatic nitrogens is 1. The number of aliphatic hydroxyl groups excluding tert-OH is 1. The van der Waals surface area contributed by atoms with E-state index in [1.54, 1.807) is 26.0 Å². The van der Waals surface area contributed by atoms with Crippen molar-refractivity contribution in [2.24, 2.45) is 0 Å². The lowest BCUT2D eigenvalue weighted by Crippen LogP contribution is -2.44. The van der Waals surface area contributed by atoms with Crippen molar-refractivity contribution in [3.63, 3.8) is 0 Å². The van der Waals surface area contributed by atoms with Crippen LogP contribution in [0.1, 0.15) is 73.9 Å². The van der Waals surface area contributed by atoms with Crippen molar-refractivity contribution in [3.05, 3.63) is 88.8 Å². The molecule has 1 N–H and O–H groups in total. The van der Waals surface area contributed by atoms with Gasteiger partial charge in [-0.05, 0) is 66.9 Å². The summed E-state index contributed by atoms with van der Waals surface area (Å²) >= 11 is 0. The molecule has 6 nitrogen and oxygen atoms in total. The number of rotatable bonds is 8. The molecule has 0 bridgehead atoms. The highest BCUT2D eigenvalue weighted by Crippen LogP contribution is 2.41. The molecular formula is C33H34F6N2O4. The smallest absolute Gasteiger partial charge is 0.416 e. The van der Waals surface area contributed by atoms with Crippen LogP contribution in [0.4, 0.5) is 31.1 Å². The molecule has 0 aliphatic carbocycles. The number of carbonyl (C=O) groups is 1. The Bertz CT molecular complexity index is 1570. The number of pyridine rings is 1. The lowest BCUT2D eigenvalue weighted by Gasteiger charge is -2.37. The Hall–Kier alpha value is -4.06. The Morgan fingerprint density at radius 1 is 1.00 bits per heavy atom. The quantitative estimate of drug-likeness (QED) is 0.251. The normalized spacial score (nSPS) is 17.7. The predicted molar refractivity (Wildman–Crippen MR) is 156 cm³/mol. The van der Waals surface area contributed by atoms with Gasteiger partial charge < -0.3 is 14.6 Å². The fraction of sp³-hybridized carbons (Fsp3) is 0.394. The zero-order chi connectivity index (χ0) is 33.5. The van der Waals surface area contributed by atoms with Gasteiger partial charge in [-0.25, -0.2) is 4.79 Å². The lowest BCUT2D eigenvalue weighted by atomic mass is 9.83. The summed E-state index contributed by atoms with van der Waals surface area (Å²) in [7, 11) is 1.51. The van der Waals surface area contributed by atoms with Gasteiger partial charge in [0.15, 0.2) is 0 Å². The average molecular weight is 637 g/mol. The van der Waals surface area contributed by atoms with Crippen LogP contribution in [0.3, 0.4) is 0 Å². The maximum Gasteiger partial charge on any atom is 0.416 e. The lowest BCUT2D eigenvalue weighted by molar-refractivity contribution is -0.143. The van der Waals surface area contributed by atoms with Crippen LogP contribution in [0, 0.1) is 0 Å². The number of amides is 1. The number of aliphatic hydroxyl groups is 1. The highest BCUT2D eigenvalue weighted by molar-refractivity contribution is 5.76. The highest BCUT2D eigenvalue weighted by atomic mass is 19.4. The number of alkyl halides is 6. The summed E-state index contributed by atoms with van der Waals surface area (Å²) in [4.78, 5) is 19.4. The molecule has 1 aliphatic heterocycles. The Labute approximate surface area is 257 Å². The summed E-state index contributed by atoms with van der Waals surface area (Å²) in [5.41, 5.74) is -0.210. The van der Waals surface area contributed by atoms with Crippen molar-refractivity contribution in [2.45, 2.75) is 70.6 Å². The number of carbonyl (C=O) groups excluding carboxylic acids is 1. The molecule has 1 fully saturated rings. The van der Waals surface area contributed by atoms with Crippen molar-refractivity contribution in [2.75, 3.05) is 13.7 Å². The molecule has 45 heavy (non-hydrogen) atoms. The van der Waals surface area contributed by atoms with Gasteiger partial charge in [0, 0.05) is 29.0 Å². The Morgan fingerprint density at radius 2 is 1.62 bits per heavy atom. The molecule has 0 spiro atoms. The molecular weight excluding hydrogens is 602 g/mol. The third-order valence-electron chi connectivity index (χ3n) is 7.94. The van der Waals surface area contributed by atoms with Crippen LogP contribution in [0.5, 0.6) is 5.75 Å². The molecule has 2 heterocycles. The summed E-state index contributed by atoms with van der Waals surface area (Å²) < 4.78 is 91.9. The first kappa shape index (κ1) is 33.8. The summed E-state index contributed by atoms with van der Waals surface area (Å²) in [5.74, 6) is 0.512. The summed E-state index contributed by atoms with van der Waals surface area (Å²) in [6, 6.07) is 9.62. The molecule has 0 saturated carbocycles. The second-order valence-electron chi connectivity index (χ2n) is 11.9. The van der Waals surface area contributed by atoms with Gasteiger partial charge >= 0.3 is 18.4 Å². The molecule has 0 unspecified atom stereocenters. The molecule has 12 heteroatoms. The van der Waals surface area contributed by atoms with Crippen LogP contribution in [0.2, 0.25) is 0 Å². The monoisotopic (exact) mass is 636 g/mol. The molecule has 4 rings (SSSR count). The minimum Gasteiger partial charge on any atom is -0.496 e. The number of nitrogens with zero attached hydrogens (tertiary/aromatic N) is 2. The summed E-state index contributed by atoms with van der Waals surface area (Å²) in [6.07, 6.45) is -12.4. The molecule has 1 aliphatic rings. The van der Waals surface area contributed by atoms with Crippen molar-refractivity contribution in [1.29, 1.82) is 0 Å². The van der Waals surface area contributed by atoms with Crippen LogP contribution in [-0.4, -0.2) is 40.8 Å². The zero-order valence-electron chi connectivity index (χ0n) is 25.4. The van der Waals surface area contributed by atoms with Crippen LogP contribution >= 0.6 is 0 Å². The Morgan fingerprint density at radius 3 is 2.13 bits per heavy atom. The van der Waals surface area contributed by atoms with Crippen molar-refractivity contribution < 1.29 is 45.7 Å². The minimum absolute atomic E-state index is 0.0383. The third-order valence-corrected chi connectivity index (χ3v) is 7.94. The van der Waals surface area contributed by atoms with E-state index < -0.39 is 52.7 Å². The molecule has 1 amide bonds. The van der Waals surface area contributed by atoms with Gasteiger partial charge in [0.25, 0.3) is 0 Å². The Balaban J connectivity index is 1.73. The Kier molecular flexibility index (Phi) is 9.31. The maximum absolute atomic E-state index is 13.5. The fourth-order valence-corrected chi connectivity index (χ4v) is 5.14. The standard InChI is InChI=1S/C33H34F6N2O4/c1-18(2)26-9-8-24(25-15-21(31(4,5)17-42)7-10-28(25)44-6)27(40-26)16-41-19(3)11-29(45-30(41)43)20-12-22(32(34,35)36)14-23(13-20)33(37,38)39/h7-10,12-15,19,29,42H,1,11,16-17H2,2-6H3/t19-,29-/m0/s1. The topological polar surface area (TPSA) is 71.9 Å². The minimum atomic E-state index is -5.03. The number of hydrogen-bond donors (Lipinski definition) is 1. The van der Waals surface area contributed by atoms with Crippen molar-refractivity contribution in [1.82, 2.24) is 9.88 Å². The van der Waals surface area contributed by atoms with E-state index in [1.165, 1.54) is 12.0 Å². The largest absolute Gasteiger partial charge is 0.496 e. The van der Waals surface area contributed by atoms with Crippen LogP contribution < -0.4 is 4.74 Å². The van der Waals surface area contributed by atoms with E-state index in [-0.39, 0.29) is 25.6 Å². The van der Waals surface area contributed by atoms with E-state index in [0.717, 1.165) is 5.56 Å². The number of methoxy groups -OCH3 is 1. The number of ether oxygens (including phenoxy) is 2. The predicted octanol–water partition coefficient (Wildman–Crippen LogP) is 8.57. The number of allylic oxidation sites excluding steroid dienone is 1. The van der Waals surface area contributed by atoms with Crippen LogP contribution in [0.25, 0.3) is 16.7 Å². The van der Waals surface area contributed by atoms with E-state index in [0.29, 0.717) is 46.0 Å². The number of cyclic esters (lactones) is 1. The first-order valence-corrected chi connectivity index (χ1v) is 14.1. The molecule has 242 valence electrons. The van der Waals surface area contributed by atoms with Gasteiger partial charge in [-0.1, -0.05) is 32.6 Å². The molecule has 1 aromatic heterocycles. The van der Waals surface area contributed by atoms with Crippen molar-refractivity contribution in [3.8, 4) is 16.9 Å². The van der Waals surface area contributed by atoms with E-state index in [1.807, 2.05) is 32.0 Å². The number of halogens is 6. The SMILES string of the molecule is C=C(C)c1ccc(-c2cc(C(C)(C)CO)ccc2OC)c(CN2C(=O)O[C@H](c3cc(C(F)(F)F)cc(C(F)(F)F)c3)C[C@@H]2C)n1. The van der Waals surface area contributed by atoms with E-state index >= 15 is 0 Å². The van der Waals surface area contributed by atoms with Gasteiger partial charge in [-0.2, -0.15) is 26.3 Å². The molecule has 2 aromatic carbocycles. The van der Waals surface area contributed by atoms with Crippen LogP contribution in [0.15, 0.2) is 55.1 Å². The summed E-state index contributed by atoms with van der Waals surface area (Å²) in [5, 5.41) is 9.95. The second kappa shape index (κ2) is 12.4. The van der Waals surface area contributed by atoms with E-state index in [9.17, 15) is 36.2 Å². The molecule has 3 aromatic rings. The molecule has 0 radical (unpaired) electrons. The number of hydrogen-bond acceptors (Lipinski definition) is 5. The van der Waals surface area contributed by atoms with Gasteiger partial charge in [0.1, 0.15) is 11.9 Å².